The van der Waals surface area contributed by atoms with Crippen LogP contribution in [0.4, 0.5) is 16.2 Å². The van der Waals surface area contributed by atoms with E-state index < -0.39 is 17.9 Å². The van der Waals surface area contributed by atoms with Crippen LogP contribution in [0.25, 0.3) is 0 Å². The molecule has 0 unspecified atom stereocenters. The van der Waals surface area contributed by atoms with Gasteiger partial charge in [-0.2, -0.15) is 0 Å². The van der Waals surface area contributed by atoms with Gasteiger partial charge in [0.15, 0.2) is 0 Å². The molecule has 4 aromatic carbocycles. The molecule has 8 heteroatoms. The number of urea groups is 1. The minimum absolute atomic E-state index is 0.107. The molecule has 1 fully saturated rings. The van der Waals surface area contributed by atoms with E-state index in [0.717, 1.165) is 38.7 Å². The SMILES string of the molecule is O=C(O)[C@@H]1CN(C(=O)N2c3ccccc3CSc3ccccc32)CCN1C(=O)C(c1ccccc1)c1ccccc1. The van der Waals surface area contributed by atoms with Gasteiger partial charge in [0.25, 0.3) is 0 Å². The number of aliphatic carboxylic acids is 1. The second-order valence-corrected chi connectivity index (χ2v) is 11.1. The fourth-order valence-corrected chi connectivity index (χ4v) is 6.65. The van der Waals surface area contributed by atoms with Crippen molar-refractivity contribution in [2.45, 2.75) is 22.6 Å². The van der Waals surface area contributed by atoms with E-state index >= 15 is 0 Å². The van der Waals surface area contributed by atoms with Crippen LogP contribution in [0.2, 0.25) is 0 Å². The van der Waals surface area contributed by atoms with Crippen molar-refractivity contribution in [1.29, 1.82) is 0 Å². The number of hydrogen-bond donors (Lipinski definition) is 1. The predicted octanol–water partition coefficient (Wildman–Crippen LogP) is 5.98. The Balaban J connectivity index is 1.31. The molecular weight excluding hydrogens is 534 g/mol. The van der Waals surface area contributed by atoms with Crippen molar-refractivity contribution < 1.29 is 19.5 Å². The Hall–Kier alpha value is -4.56. The number of amides is 3. The molecule has 1 saturated heterocycles. The van der Waals surface area contributed by atoms with Gasteiger partial charge < -0.3 is 14.9 Å². The van der Waals surface area contributed by atoms with E-state index in [9.17, 15) is 19.5 Å². The van der Waals surface area contributed by atoms with Crippen LogP contribution in [0.1, 0.15) is 22.6 Å². The predicted molar refractivity (Wildman–Crippen MR) is 159 cm³/mol. The van der Waals surface area contributed by atoms with E-state index in [1.54, 1.807) is 21.6 Å². The van der Waals surface area contributed by atoms with Crippen LogP contribution < -0.4 is 4.90 Å². The van der Waals surface area contributed by atoms with E-state index in [1.807, 2.05) is 109 Å². The minimum atomic E-state index is -1.18. The molecule has 0 aromatic heterocycles. The Morgan fingerprint density at radius 1 is 0.732 bits per heavy atom. The van der Waals surface area contributed by atoms with Crippen molar-refractivity contribution in [2.24, 2.45) is 0 Å². The van der Waals surface area contributed by atoms with E-state index in [-0.39, 0.29) is 31.6 Å². The number of rotatable bonds is 4. The molecule has 4 aromatic rings. The normalized spacial score (nSPS) is 16.5. The molecule has 0 aliphatic carbocycles. The van der Waals surface area contributed by atoms with E-state index in [2.05, 4.69) is 0 Å². The highest BCUT2D eigenvalue weighted by atomic mass is 32.2. The van der Waals surface area contributed by atoms with E-state index in [0.29, 0.717) is 0 Å². The standard InChI is InChI=1S/C33H29N3O4S/c37-31(30(23-11-3-1-4-12-23)24-13-5-2-6-14-24)35-20-19-34(21-28(35)32(38)39)33(40)36-26-16-8-7-15-25(26)22-41-29-18-10-9-17-27(29)36/h1-18,28,30H,19-22H2,(H,38,39)/t28-/m0/s1. The highest BCUT2D eigenvalue weighted by Crippen LogP contribution is 2.43. The number of nitrogens with zero attached hydrogens (tertiary/aromatic N) is 3. The lowest BCUT2D eigenvalue weighted by molar-refractivity contribution is -0.153. The first-order valence-electron chi connectivity index (χ1n) is 13.5. The van der Waals surface area contributed by atoms with Crippen molar-refractivity contribution in [3.63, 3.8) is 0 Å². The summed E-state index contributed by atoms with van der Waals surface area (Å²) in [6.07, 6.45) is 0. The maximum Gasteiger partial charge on any atom is 0.329 e. The van der Waals surface area contributed by atoms with Gasteiger partial charge in [0.2, 0.25) is 5.91 Å². The van der Waals surface area contributed by atoms with Gasteiger partial charge in [0.05, 0.1) is 23.8 Å². The van der Waals surface area contributed by atoms with Crippen molar-refractivity contribution in [2.75, 3.05) is 24.5 Å². The van der Waals surface area contributed by atoms with E-state index in [1.165, 1.54) is 4.90 Å². The average Bonchev–Trinajstić information content (AvgIpc) is 3.18. The number of benzene rings is 4. The summed E-state index contributed by atoms with van der Waals surface area (Å²) in [5.74, 6) is -1.35. The summed E-state index contributed by atoms with van der Waals surface area (Å²) < 4.78 is 0. The third-order valence-electron chi connectivity index (χ3n) is 7.64. The highest BCUT2D eigenvalue weighted by molar-refractivity contribution is 7.98. The van der Waals surface area contributed by atoms with Crippen LogP contribution in [0.15, 0.2) is 114 Å². The first-order valence-corrected chi connectivity index (χ1v) is 14.5. The lowest BCUT2D eigenvalue weighted by Gasteiger charge is -2.42. The zero-order valence-electron chi connectivity index (χ0n) is 22.3. The number of thioether (sulfide) groups is 1. The molecule has 0 bridgehead atoms. The molecule has 3 amide bonds. The number of para-hydroxylation sites is 2. The Kier molecular flexibility index (Phi) is 7.48. The summed E-state index contributed by atoms with van der Waals surface area (Å²) in [5.41, 5.74) is 4.17. The van der Waals surface area contributed by atoms with E-state index in [4.69, 9.17) is 0 Å². The second-order valence-electron chi connectivity index (χ2n) is 10.1. The maximum absolute atomic E-state index is 14.2. The lowest BCUT2D eigenvalue weighted by Crippen LogP contribution is -2.61. The fourth-order valence-electron chi connectivity index (χ4n) is 5.61. The van der Waals surface area contributed by atoms with Crippen molar-refractivity contribution in [1.82, 2.24) is 9.80 Å². The van der Waals surface area contributed by atoms with Gasteiger partial charge in [-0.25, -0.2) is 9.59 Å². The second kappa shape index (κ2) is 11.5. The highest BCUT2D eigenvalue weighted by Gasteiger charge is 2.42. The molecule has 2 aliphatic rings. The summed E-state index contributed by atoms with van der Waals surface area (Å²) in [5, 5.41) is 10.3. The molecule has 7 nitrogen and oxygen atoms in total. The zero-order chi connectivity index (χ0) is 28.3. The number of carboxylic acids is 1. The van der Waals surface area contributed by atoms with Gasteiger partial charge in [-0.15, -0.1) is 11.8 Å². The summed E-state index contributed by atoms with van der Waals surface area (Å²) in [6, 6.07) is 32.9. The number of piperazine rings is 1. The van der Waals surface area contributed by atoms with Gasteiger partial charge in [-0.3, -0.25) is 9.69 Å². The van der Waals surface area contributed by atoms with Crippen LogP contribution in [-0.4, -0.2) is 58.5 Å². The Bertz CT molecular complexity index is 1490. The van der Waals surface area contributed by atoms with Crippen molar-refractivity contribution in [3.05, 3.63) is 126 Å². The molecule has 6 rings (SSSR count). The first kappa shape index (κ1) is 26.7. The van der Waals surface area contributed by atoms with Gasteiger partial charge in [-0.1, -0.05) is 91.0 Å². The fraction of sp³-hybridized carbons (Fsp3) is 0.182. The number of fused-ring (bicyclic) bond motifs is 2. The summed E-state index contributed by atoms with van der Waals surface area (Å²) in [4.78, 5) is 46.6. The van der Waals surface area contributed by atoms with Crippen LogP contribution in [0, 0.1) is 0 Å². The zero-order valence-corrected chi connectivity index (χ0v) is 23.1. The Labute approximate surface area is 243 Å². The van der Waals surface area contributed by atoms with Crippen LogP contribution in [0.3, 0.4) is 0 Å². The topological polar surface area (TPSA) is 81.2 Å². The maximum atomic E-state index is 14.2. The van der Waals surface area contributed by atoms with Gasteiger partial charge in [0, 0.05) is 23.7 Å². The monoisotopic (exact) mass is 563 g/mol. The van der Waals surface area contributed by atoms with Crippen molar-refractivity contribution >= 4 is 41.0 Å². The summed E-state index contributed by atoms with van der Waals surface area (Å²) in [7, 11) is 0. The van der Waals surface area contributed by atoms with Crippen LogP contribution >= 0.6 is 11.8 Å². The first-order chi connectivity index (χ1) is 20.0. The summed E-state index contributed by atoms with van der Waals surface area (Å²) >= 11 is 1.67. The summed E-state index contributed by atoms with van der Waals surface area (Å²) in [6.45, 7) is 0.229. The van der Waals surface area contributed by atoms with Crippen LogP contribution in [0.5, 0.6) is 0 Å². The van der Waals surface area contributed by atoms with Crippen molar-refractivity contribution in [3.8, 4) is 0 Å². The molecule has 1 N–H and O–H groups in total. The Morgan fingerprint density at radius 2 is 1.32 bits per heavy atom. The third kappa shape index (κ3) is 5.18. The average molecular weight is 564 g/mol. The Morgan fingerprint density at radius 3 is 1.98 bits per heavy atom. The number of hydrogen-bond acceptors (Lipinski definition) is 4. The minimum Gasteiger partial charge on any atom is -0.480 e. The molecule has 0 spiro atoms. The molecule has 0 radical (unpaired) electrons. The number of anilines is 2. The molecule has 41 heavy (non-hydrogen) atoms. The molecular formula is C33H29N3O4S. The number of carboxylic acid groups (broad SMARTS) is 1. The number of carbonyl (C=O) groups excluding carboxylic acids is 2. The van der Waals surface area contributed by atoms with Gasteiger partial charge in [-0.05, 0) is 34.9 Å². The van der Waals surface area contributed by atoms with Gasteiger partial charge in [0.1, 0.15) is 6.04 Å². The molecule has 0 saturated carbocycles. The smallest absolute Gasteiger partial charge is 0.329 e. The number of carbonyl (C=O) groups is 3. The van der Waals surface area contributed by atoms with Gasteiger partial charge >= 0.3 is 12.0 Å². The largest absolute Gasteiger partial charge is 0.480 e. The van der Waals surface area contributed by atoms with Crippen LogP contribution in [-0.2, 0) is 15.3 Å². The third-order valence-corrected chi connectivity index (χ3v) is 8.76. The lowest BCUT2D eigenvalue weighted by atomic mass is 9.89. The molecule has 2 aliphatic heterocycles. The molecule has 206 valence electrons. The molecule has 1 atom stereocenters. The molecule has 2 heterocycles. The quantitative estimate of drug-likeness (QED) is 0.330.